The number of nitrogens with one attached hydrogen (secondary N) is 3. The van der Waals surface area contributed by atoms with E-state index in [2.05, 4.69) is 20.9 Å². The number of guanidine groups is 1. The first-order valence-corrected chi connectivity index (χ1v) is 10.00. The average Bonchev–Trinajstić information content (AvgIpc) is 2.75. The number of halogens is 1. The fraction of sp³-hybridized carbons (Fsp3) is 0.364. The molecular weight excluding hydrogens is 495 g/mol. The molecule has 0 bridgehead atoms. The zero-order valence-electron chi connectivity index (χ0n) is 17.1. The van der Waals surface area contributed by atoms with E-state index >= 15 is 0 Å². The fourth-order valence-corrected chi connectivity index (χ4v) is 2.97. The molecule has 1 aliphatic heterocycles. The van der Waals surface area contributed by atoms with Crippen LogP contribution in [0.2, 0.25) is 0 Å². The normalized spacial score (nSPS) is 12.8. The van der Waals surface area contributed by atoms with Crippen LogP contribution in [0.4, 0.5) is 5.69 Å². The van der Waals surface area contributed by atoms with E-state index < -0.39 is 0 Å². The Morgan fingerprint density at radius 1 is 1.03 bits per heavy atom. The summed E-state index contributed by atoms with van der Waals surface area (Å²) in [5.74, 6) is 2.46. The first-order valence-electron chi connectivity index (χ1n) is 10.00. The van der Waals surface area contributed by atoms with Crippen LogP contribution >= 0.6 is 24.0 Å². The maximum absolute atomic E-state index is 11.4. The second-order valence-corrected chi connectivity index (χ2v) is 6.56. The van der Waals surface area contributed by atoms with E-state index in [1.807, 2.05) is 55.5 Å². The third-order valence-corrected chi connectivity index (χ3v) is 4.35. The number of aliphatic imine (C=N–C) groups is 1. The van der Waals surface area contributed by atoms with Gasteiger partial charge in [0.25, 0.3) is 0 Å². The molecule has 0 radical (unpaired) electrons. The van der Waals surface area contributed by atoms with Crippen LogP contribution in [0.1, 0.15) is 18.9 Å². The summed E-state index contributed by atoms with van der Waals surface area (Å²) >= 11 is 0. The van der Waals surface area contributed by atoms with Gasteiger partial charge in [0.1, 0.15) is 24.7 Å². The Labute approximate surface area is 194 Å². The Hall–Kier alpha value is -2.49. The van der Waals surface area contributed by atoms with Crippen molar-refractivity contribution in [2.75, 3.05) is 38.2 Å². The predicted octanol–water partition coefficient (Wildman–Crippen LogP) is 3.20. The lowest BCUT2D eigenvalue weighted by Crippen LogP contribution is -2.39. The molecule has 1 amide bonds. The minimum atomic E-state index is 0. The second kappa shape index (κ2) is 12.9. The van der Waals surface area contributed by atoms with Crippen molar-refractivity contribution in [1.82, 2.24) is 10.6 Å². The van der Waals surface area contributed by atoms with Crippen molar-refractivity contribution in [3.63, 3.8) is 0 Å². The van der Waals surface area contributed by atoms with E-state index in [0.717, 1.165) is 41.7 Å². The zero-order chi connectivity index (χ0) is 20.3. The van der Waals surface area contributed by atoms with Crippen molar-refractivity contribution < 1.29 is 14.3 Å². The highest BCUT2D eigenvalue weighted by Gasteiger charge is 2.14. The van der Waals surface area contributed by atoms with Crippen LogP contribution < -0.4 is 25.4 Å². The van der Waals surface area contributed by atoms with Gasteiger partial charge in [-0.25, -0.2) is 4.99 Å². The van der Waals surface area contributed by atoms with E-state index in [1.54, 1.807) is 0 Å². The molecule has 0 aliphatic carbocycles. The molecule has 0 aromatic heterocycles. The summed E-state index contributed by atoms with van der Waals surface area (Å²) in [5.41, 5.74) is 1.99. The number of rotatable bonds is 9. The van der Waals surface area contributed by atoms with Gasteiger partial charge in [-0.2, -0.15) is 0 Å². The highest BCUT2D eigenvalue weighted by molar-refractivity contribution is 14.0. The van der Waals surface area contributed by atoms with Gasteiger partial charge in [-0.1, -0.05) is 18.2 Å². The molecule has 0 fully saturated rings. The minimum Gasteiger partial charge on any atom is -0.492 e. The van der Waals surface area contributed by atoms with Crippen LogP contribution in [0.25, 0.3) is 0 Å². The molecule has 2 aromatic carbocycles. The van der Waals surface area contributed by atoms with E-state index in [-0.39, 0.29) is 29.9 Å². The molecule has 3 N–H and O–H groups in total. The number of para-hydroxylation sites is 1. The van der Waals surface area contributed by atoms with E-state index in [1.165, 1.54) is 0 Å². The number of nitrogens with zero attached hydrogens (tertiary/aromatic N) is 1. The monoisotopic (exact) mass is 524 g/mol. The standard InChI is InChI=1S/C22H28N4O3.HI/c1-2-23-22(24-12-14-28-18-6-4-3-5-7-18)25-13-15-29-19-9-10-20-17(16-19)8-11-21(27)26-20;/h3-7,9-10,16H,2,8,11-15H2,1H3,(H,26,27)(H2,23,24,25);1H. The Morgan fingerprint density at radius 2 is 1.83 bits per heavy atom. The lowest BCUT2D eigenvalue weighted by atomic mass is 10.0. The van der Waals surface area contributed by atoms with E-state index in [4.69, 9.17) is 9.47 Å². The predicted molar refractivity (Wildman–Crippen MR) is 130 cm³/mol. The summed E-state index contributed by atoms with van der Waals surface area (Å²) in [7, 11) is 0. The van der Waals surface area contributed by atoms with Gasteiger partial charge < -0.3 is 25.4 Å². The number of carbonyl (C=O) groups is 1. The second-order valence-electron chi connectivity index (χ2n) is 6.56. The zero-order valence-corrected chi connectivity index (χ0v) is 19.5. The summed E-state index contributed by atoms with van der Waals surface area (Å²) in [5, 5.41) is 9.34. The van der Waals surface area contributed by atoms with Gasteiger partial charge in [-0.3, -0.25) is 4.79 Å². The van der Waals surface area contributed by atoms with Gasteiger partial charge in [0.05, 0.1) is 13.1 Å². The third kappa shape index (κ3) is 7.74. The van der Waals surface area contributed by atoms with E-state index in [0.29, 0.717) is 32.7 Å². The van der Waals surface area contributed by atoms with Crippen molar-refractivity contribution >= 4 is 41.5 Å². The number of aryl methyl sites for hydroxylation is 1. The van der Waals surface area contributed by atoms with Crippen LogP contribution in [-0.2, 0) is 11.2 Å². The highest BCUT2D eigenvalue weighted by atomic mass is 127. The van der Waals surface area contributed by atoms with Crippen LogP contribution in [0, 0.1) is 0 Å². The average molecular weight is 524 g/mol. The molecule has 3 rings (SSSR count). The summed E-state index contributed by atoms with van der Waals surface area (Å²) in [4.78, 5) is 16.0. The first kappa shape index (κ1) is 23.8. The van der Waals surface area contributed by atoms with Gasteiger partial charge in [0.15, 0.2) is 5.96 Å². The molecule has 1 heterocycles. The van der Waals surface area contributed by atoms with Crippen LogP contribution in [0.3, 0.4) is 0 Å². The van der Waals surface area contributed by atoms with Gasteiger partial charge in [-0.05, 0) is 49.2 Å². The summed E-state index contributed by atoms with van der Waals surface area (Å²) < 4.78 is 11.5. The van der Waals surface area contributed by atoms with E-state index in [9.17, 15) is 4.79 Å². The summed E-state index contributed by atoms with van der Waals surface area (Å²) in [6.07, 6.45) is 1.27. The molecule has 2 aromatic rings. The number of hydrogen-bond acceptors (Lipinski definition) is 4. The van der Waals surface area contributed by atoms with Crippen molar-refractivity contribution in [3.05, 3.63) is 54.1 Å². The lowest BCUT2D eigenvalue weighted by Gasteiger charge is -2.17. The van der Waals surface area contributed by atoms with Crippen molar-refractivity contribution in [2.24, 2.45) is 4.99 Å². The summed E-state index contributed by atoms with van der Waals surface area (Å²) in [6, 6.07) is 15.5. The van der Waals surface area contributed by atoms with Crippen molar-refractivity contribution in [2.45, 2.75) is 19.8 Å². The molecule has 8 heteroatoms. The van der Waals surface area contributed by atoms with Crippen molar-refractivity contribution in [3.8, 4) is 11.5 Å². The number of ether oxygens (including phenoxy) is 2. The third-order valence-electron chi connectivity index (χ3n) is 4.35. The molecular formula is C22H29IN4O3. The molecule has 0 spiro atoms. The first-order chi connectivity index (χ1) is 14.2. The SMILES string of the molecule is CCNC(=NCCOc1ccc2c(c1)CCC(=O)N2)NCCOc1ccccc1.I. The van der Waals surface area contributed by atoms with Gasteiger partial charge in [-0.15, -0.1) is 24.0 Å². The Morgan fingerprint density at radius 3 is 2.63 bits per heavy atom. The molecule has 0 atom stereocenters. The number of carbonyl (C=O) groups excluding carboxylic acids is 1. The molecule has 162 valence electrons. The fourth-order valence-electron chi connectivity index (χ4n) is 2.97. The van der Waals surface area contributed by atoms with Gasteiger partial charge in [0.2, 0.25) is 5.91 Å². The quantitative estimate of drug-likeness (QED) is 0.203. The number of anilines is 1. The number of fused-ring (bicyclic) bond motifs is 1. The Bertz CT molecular complexity index is 830. The number of hydrogen-bond donors (Lipinski definition) is 3. The van der Waals surface area contributed by atoms with Crippen LogP contribution in [-0.4, -0.2) is 44.7 Å². The Kier molecular flexibility index (Phi) is 10.3. The van der Waals surface area contributed by atoms with Gasteiger partial charge in [0, 0.05) is 18.7 Å². The molecule has 0 saturated heterocycles. The Balaban J connectivity index is 0.00000320. The molecule has 1 aliphatic rings. The molecule has 0 unspecified atom stereocenters. The van der Waals surface area contributed by atoms with Crippen molar-refractivity contribution in [1.29, 1.82) is 0 Å². The largest absolute Gasteiger partial charge is 0.492 e. The highest BCUT2D eigenvalue weighted by Crippen LogP contribution is 2.26. The maximum atomic E-state index is 11.4. The maximum Gasteiger partial charge on any atom is 0.224 e. The number of amides is 1. The molecule has 0 saturated carbocycles. The smallest absolute Gasteiger partial charge is 0.224 e. The molecule has 7 nitrogen and oxygen atoms in total. The van der Waals surface area contributed by atoms with Gasteiger partial charge >= 0.3 is 0 Å². The van der Waals surface area contributed by atoms with Crippen LogP contribution in [0.5, 0.6) is 11.5 Å². The lowest BCUT2D eigenvalue weighted by molar-refractivity contribution is -0.116. The number of benzene rings is 2. The molecule has 30 heavy (non-hydrogen) atoms. The topological polar surface area (TPSA) is 84.0 Å². The minimum absolute atomic E-state index is 0. The van der Waals surface area contributed by atoms with Crippen LogP contribution in [0.15, 0.2) is 53.5 Å². The summed E-state index contributed by atoms with van der Waals surface area (Å²) in [6.45, 7) is 5.02.